The number of aliphatic hydroxyl groups is 1. The number of anilines is 1. The predicted molar refractivity (Wildman–Crippen MR) is 88.2 cm³/mol. The van der Waals surface area contributed by atoms with Crippen LogP contribution in [0.25, 0.3) is 0 Å². The number of hydrogen-bond donors (Lipinski definition) is 2. The molecule has 0 fully saturated rings. The highest BCUT2D eigenvalue weighted by Gasteiger charge is 2.19. The van der Waals surface area contributed by atoms with Crippen LogP contribution in [0.2, 0.25) is 10.0 Å². The molecule has 5 nitrogen and oxygen atoms in total. The normalized spacial score (nSPS) is 12.1. The molecule has 0 aliphatic carbocycles. The van der Waals surface area contributed by atoms with Gasteiger partial charge in [0, 0.05) is 7.05 Å². The highest BCUT2D eigenvalue weighted by atomic mass is 35.5. The lowest BCUT2D eigenvalue weighted by Crippen LogP contribution is -2.37. The molecule has 0 heterocycles. The van der Waals surface area contributed by atoms with Crippen LogP contribution < -0.4 is 5.32 Å². The molecule has 2 N–H and O–H groups in total. The van der Waals surface area contributed by atoms with Gasteiger partial charge in [0.15, 0.2) is 0 Å². The number of amides is 2. The summed E-state index contributed by atoms with van der Waals surface area (Å²) in [7, 11) is 1.50. The molecular weight excluding hydrogens is 327 g/mol. The fraction of sp³-hybridized carbons (Fsp3) is 0.467. The van der Waals surface area contributed by atoms with Crippen LogP contribution in [0.5, 0.6) is 0 Å². The quantitative estimate of drug-likeness (QED) is 0.831. The van der Waals surface area contributed by atoms with E-state index in [1.54, 1.807) is 18.2 Å². The van der Waals surface area contributed by atoms with Gasteiger partial charge in [0.2, 0.25) is 11.8 Å². The smallest absolute Gasteiger partial charge is 0.244 e. The number of carbonyl (C=O) groups is 2. The molecule has 0 spiro atoms. The molecule has 122 valence electrons. The Morgan fingerprint density at radius 1 is 1.27 bits per heavy atom. The second-order valence-electron chi connectivity index (χ2n) is 5.41. The van der Waals surface area contributed by atoms with Crippen molar-refractivity contribution >= 4 is 40.7 Å². The van der Waals surface area contributed by atoms with Gasteiger partial charge in [-0.2, -0.15) is 0 Å². The third-order valence-corrected chi connectivity index (χ3v) is 3.82. The summed E-state index contributed by atoms with van der Waals surface area (Å²) in [4.78, 5) is 25.1. The zero-order valence-electron chi connectivity index (χ0n) is 12.8. The summed E-state index contributed by atoms with van der Waals surface area (Å²) < 4.78 is 0. The van der Waals surface area contributed by atoms with E-state index in [1.165, 1.54) is 11.9 Å². The molecule has 0 aliphatic rings. The molecule has 0 saturated carbocycles. The molecule has 0 bridgehead atoms. The molecule has 7 heteroatoms. The van der Waals surface area contributed by atoms with Crippen LogP contribution in [0, 0.1) is 5.92 Å². The van der Waals surface area contributed by atoms with Gasteiger partial charge in [-0.25, -0.2) is 0 Å². The Hall–Kier alpha value is -1.30. The lowest BCUT2D eigenvalue weighted by Gasteiger charge is -2.20. The van der Waals surface area contributed by atoms with E-state index in [9.17, 15) is 14.7 Å². The first-order valence-corrected chi connectivity index (χ1v) is 7.63. The number of aliphatic hydroxyl groups excluding tert-OH is 1. The van der Waals surface area contributed by atoms with Crippen molar-refractivity contribution in [3.05, 3.63) is 28.2 Å². The van der Waals surface area contributed by atoms with E-state index in [0.717, 1.165) is 0 Å². The van der Waals surface area contributed by atoms with Crippen molar-refractivity contribution < 1.29 is 14.7 Å². The number of para-hydroxylation sites is 1. The van der Waals surface area contributed by atoms with Crippen LogP contribution in [0.3, 0.4) is 0 Å². The van der Waals surface area contributed by atoms with Crippen molar-refractivity contribution in [3.63, 3.8) is 0 Å². The molecule has 0 saturated heterocycles. The van der Waals surface area contributed by atoms with Gasteiger partial charge < -0.3 is 15.3 Å². The Labute approximate surface area is 140 Å². The minimum atomic E-state index is -0.726. The Morgan fingerprint density at radius 2 is 1.82 bits per heavy atom. The summed E-state index contributed by atoms with van der Waals surface area (Å²) in [5.41, 5.74) is 0.318. The molecule has 1 unspecified atom stereocenters. The van der Waals surface area contributed by atoms with E-state index in [1.807, 2.05) is 13.8 Å². The van der Waals surface area contributed by atoms with Crippen LogP contribution in [0.1, 0.15) is 20.3 Å². The monoisotopic (exact) mass is 346 g/mol. The zero-order valence-corrected chi connectivity index (χ0v) is 14.3. The number of halogens is 2. The molecule has 0 aromatic heterocycles. The first-order valence-electron chi connectivity index (χ1n) is 6.88. The topological polar surface area (TPSA) is 69.6 Å². The van der Waals surface area contributed by atoms with Crippen LogP contribution in [0.15, 0.2) is 18.2 Å². The average Bonchev–Trinajstić information content (AvgIpc) is 2.42. The molecule has 0 radical (unpaired) electrons. The number of nitrogens with zero attached hydrogens (tertiary/aromatic N) is 1. The summed E-state index contributed by atoms with van der Waals surface area (Å²) in [6.07, 6.45) is -0.745. The van der Waals surface area contributed by atoms with Crippen molar-refractivity contribution in [1.29, 1.82) is 0 Å². The van der Waals surface area contributed by atoms with E-state index in [2.05, 4.69) is 5.32 Å². The lowest BCUT2D eigenvalue weighted by atomic mass is 10.0. The van der Waals surface area contributed by atoms with Crippen LogP contribution >= 0.6 is 23.2 Å². The Balaban J connectivity index is 2.59. The average molecular weight is 347 g/mol. The van der Waals surface area contributed by atoms with E-state index in [0.29, 0.717) is 15.7 Å². The second kappa shape index (κ2) is 8.36. The Kier molecular flexibility index (Phi) is 7.13. The van der Waals surface area contributed by atoms with E-state index in [-0.39, 0.29) is 24.8 Å². The van der Waals surface area contributed by atoms with Crippen LogP contribution in [0.4, 0.5) is 5.69 Å². The van der Waals surface area contributed by atoms with Gasteiger partial charge in [0.05, 0.1) is 34.8 Å². The van der Waals surface area contributed by atoms with E-state index in [4.69, 9.17) is 23.2 Å². The Bertz CT molecular complexity index is 529. The Morgan fingerprint density at radius 3 is 2.32 bits per heavy atom. The first kappa shape index (κ1) is 18.7. The SMILES string of the molecule is CC(C)C(O)CC(=O)N(C)CC(=O)Nc1c(Cl)cccc1Cl. The summed E-state index contributed by atoms with van der Waals surface area (Å²) in [6.45, 7) is 3.50. The largest absolute Gasteiger partial charge is 0.392 e. The van der Waals surface area contributed by atoms with Gasteiger partial charge in [-0.05, 0) is 18.1 Å². The van der Waals surface area contributed by atoms with Crippen molar-refractivity contribution in [2.24, 2.45) is 5.92 Å². The molecule has 0 aliphatic heterocycles. The third-order valence-electron chi connectivity index (χ3n) is 3.19. The van der Waals surface area contributed by atoms with Gasteiger partial charge in [0.25, 0.3) is 0 Å². The summed E-state index contributed by atoms with van der Waals surface area (Å²) in [6, 6.07) is 4.89. The third kappa shape index (κ3) is 5.48. The van der Waals surface area contributed by atoms with Gasteiger partial charge in [-0.3, -0.25) is 9.59 Å². The first-order chi connectivity index (χ1) is 10.2. The number of likely N-dealkylation sites (N-methyl/N-ethyl adjacent to an activating group) is 1. The highest BCUT2D eigenvalue weighted by Crippen LogP contribution is 2.29. The van der Waals surface area contributed by atoms with E-state index >= 15 is 0 Å². The van der Waals surface area contributed by atoms with Gasteiger partial charge in [-0.15, -0.1) is 0 Å². The van der Waals surface area contributed by atoms with Crippen molar-refractivity contribution in [2.45, 2.75) is 26.4 Å². The maximum Gasteiger partial charge on any atom is 0.244 e. The standard InChI is InChI=1S/C15H20Cl2N2O3/c1-9(2)12(20)7-14(22)19(3)8-13(21)18-15-10(16)5-4-6-11(15)17/h4-6,9,12,20H,7-8H2,1-3H3,(H,18,21). The molecule has 1 rings (SSSR count). The number of nitrogens with one attached hydrogen (secondary N) is 1. The van der Waals surface area contributed by atoms with Crippen molar-refractivity contribution in [3.8, 4) is 0 Å². The maximum atomic E-state index is 12.0. The summed E-state index contributed by atoms with van der Waals surface area (Å²) >= 11 is 11.9. The van der Waals surface area contributed by atoms with E-state index < -0.39 is 12.0 Å². The predicted octanol–water partition coefficient (Wildman–Crippen LogP) is 2.80. The molecular formula is C15H20Cl2N2O3. The lowest BCUT2D eigenvalue weighted by molar-refractivity contribution is -0.135. The summed E-state index contributed by atoms with van der Waals surface area (Å²) in [5.74, 6) is -0.736. The molecule has 2 amide bonds. The van der Waals surface area contributed by atoms with Gasteiger partial charge >= 0.3 is 0 Å². The minimum absolute atomic E-state index is 0.0195. The molecule has 1 aromatic carbocycles. The highest BCUT2D eigenvalue weighted by molar-refractivity contribution is 6.39. The fourth-order valence-electron chi connectivity index (χ4n) is 1.67. The zero-order chi connectivity index (χ0) is 16.9. The van der Waals surface area contributed by atoms with Gasteiger partial charge in [0.1, 0.15) is 0 Å². The number of rotatable bonds is 6. The molecule has 22 heavy (non-hydrogen) atoms. The number of hydrogen-bond acceptors (Lipinski definition) is 3. The molecule has 1 atom stereocenters. The maximum absolute atomic E-state index is 12.0. The number of carbonyl (C=O) groups excluding carboxylic acids is 2. The fourth-order valence-corrected chi connectivity index (χ4v) is 2.16. The summed E-state index contributed by atoms with van der Waals surface area (Å²) in [5, 5.41) is 12.9. The minimum Gasteiger partial charge on any atom is -0.392 e. The van der Waals surface area contributed by atoms with Crippen LogP contribution in [-0.2, 0) is 9.59 Å². The second-order valence-corrected chi connectivity index (χ2v) is 6.22. The number of benzene rings is 1. The van der Waals surface area contributed by atoms with Crippen molar-refractivity contribution in [1.82, 2.24) is 4.90 Å². The van der Waals surface area contributed by atoms with Gasteiger partial charge in [-0.1, -0.05) is 43.1 Å². The van der Waals surface area contributed by atoms with Crippen molar-refractivity contribution in [2.75, 3.05) is 18.9 Å². The molecule has 1 aromatic rings. The van der Waals surface area contributed by atoms with Crippen LogP contribution in [-0.4, -0.2) is 41.5 Å².